The van der Waals surface area contributed by atoms with Crippen molar-refractivity contribution in [1.29, 1.82) is 0 Å². The third kappa shape index (κ3) is 4.28. The smallest absolute Gasteiger partial charge is 0.255 e. The van der Waals surface area contributed by atoms with E-state index in [1.807, 2.05) is 25.1 Å². The average Bonchev–Trinajstić information content (AvgIpc) is 3.20. The molecule has 1 aromatic carbocycles. The maximum absolute atomic E-state index is 14.0. The van der Waals surface area contributed by atoms with E-state index in [0.29, 0.717) is 17.8 Å². The number of rotatable bonds is 7. The summed E-state index contributed by atoms with van der Waals surface area (Å²) in [5, 5.41) is 16.3. The van der Waals surface area contributed by atoms with Gasteiger partial charge in [-0.1, -0.05) is 6.07 Å². The summed E-state index contributed by atoms with van der Waals surface area (Å²) in [6.07, 6.45) is 1.70. The van der Waals surface area contributed by atoms with Crippen molar-refractivity contribution in [1.82, 2.24) is 15.3 Å². The molecule has 2 aromatic heterocycles. The first kappa shape index (κ1) is 20.2. The van der Waals surface area contributed by atoms with Crippen LogP contribution in [0.1, 0.15) is 31.1 Å². The van der Waals surface area contributed by atoms with Crippen LogP contribution < -0.4 is 10.6 Å². The summed E-state index contributed by atoms with van der Waals surface area (Å²) in [5.74, 6) is -0.444. The zero-order valence-corrected chi connectivity index (χ0v) is 16.8. The predicted octanol–water partition coefficient (Wildman–Crippen LogP) is 3.63. The standard InChI is InChI=1S/C20H23FN4O2S/c1-4-23-18-13-7-12(16-9-22-11-28-16)5-6-15(13)24-8-14(18)19(26)25-10-17(21)20(2,3)27/h5-9,11,17,27H,4,10H2,1-3H3,(H,23,24)(H,25,26). The molecule has 0 saturated heterocycles. The van der Waals surface area contributed by atoms with Crippen LogP contribution in [0, 0.1) is 0 Å². The lowest BCUT2D eigenvalue weighted by Crippen LogP contribution is -2.42. The number of alkyl halides is 1. The second-order valence-corrected chi connectivity index (χ2v) is 7.89. The second kappa shape index (κ2) is 8.20. The summed E-state index contributed by atoms with van der Waals surface area (Å²) in [5.41, 5.74) is 2.96. The van der Waals surface area contributed by atoms with Gasteiger partial charge in [-0.25, -0.2) is 4.39 Å². The van der Waals surface area contributed by atoms with Gasteiger partial charge in [0, 0.05) is 24.3 Å². The molecule has 3 aromatic rings. The molecular weight excluding hydrogens is 379 g/mol. The highest BCUT2D eigenvalue weighted by molar-refractivity contribution is 7.13. The lowest BCUT2D eigenvalue weighted by atomic mass is 10.0. The molecule has 28 heavy (non-hydrogen) atoms. The van der Waals surface area contributed by atoms with Gasteiger partial charge in [-0.15, -0.1) is 11.3 Å². The Morgan fingerprint density at radius 1 is 1.36 bits per heavy atom. The van der Waals surface area contributed by atoms with Gasteiger partial charge in [0.25, 0.3) is 5.91 Å². The van der Waals surface area contributed by atoms with Gasteiger partial charge in [-0.05, 0) is 38.5 Å². The molecule has 3 rings (SSSR count). The van der Waals surface area contributed by atoms with Crippen LogP contribution in [0.15, 0.2) is 36.1 Å². The molecule has 1 atom stereocenters. The van der Waals surface area contributed by atoms with Crippen LogP contribution in [0.4, 0.5) is 10.1 Å². The Morgan fingerprint density at radius 2 is 2.14 bits per heavy atom. The maximum atomic E-state index is 14.0. The van der Waals surface area contributed by atoms with Gasteiger partial charge < -0.3 is 15.7 Å². The fourth-order valence-electron chi connectivity index (χ4n) is 2.77. The minimum absolute atomic E-state index is 0.285. The molecule has 1 unspecified atom stereocenters. The van der Waals surface area contributed by atoms with Crippen molar-refractivity contribution >= 4 is 33.8 Å². The van der Waals surface area contributed by atoms with Gasteiger partial charge in [-0.3, -0.25) is 14.8 Å². The SMILES string of the molecule is CCNc1c(C(=O)NCC(F)C(C)(C)O)cnc2ccc(-c3cncs3)cc12. The zero-order chi connectivity index (χ0) is 20.3. The van der Waals surface area contributed by atoms with E-state index in [9.17, 15) is 14.3 Å². The van der Waals surface area contributed by atoms with Crippen LogP contribution in [0.2, 0.25) is 0 Å². The van der Waals surface area contributed by atoms with Gasteiger partial charge in [0.1, 0.15) is 6.17 Å². The van der Waals surface area contributed by atoms with Gasteiger partial charge in [0.2, 0.25) is 0 Å². The summed E-state index contributed by atoms with van der Waals surface area (Å²) < 4.78 is 14.0. The number of carbonyl (C=O) groups is 1. The van der Waals surface area contributed by atoms with Crippen LogP contribution in [0.5, 0.6) is 0 Å². The first-order valence-electron chi connectivity index (χ1n) is 9.01. The first-order valence-corrected chi connectivity index (χ1v) is 9.89. The van der Waals surface area contributed by atoms with E-state index in [4.69, 9.17) is 0 Å². The summed E-state index contributed by atoms with van der Waals surface area (Å²) in [4.78, 5) is 22.2. The molecule has 6 nitrogen and oxygen atoms in total. The Bertz CT molecular complexity index is 970. The number of amides is 1. The number of halogens is 1. The normalized spacial score (nSPS) is 12.8. The summed E-state index contributed by atoms with van der Waals surface area (Å²) >= 11 is 1.53. The third-order valence-corrected chi connectivity index (χ3v) is 5.21. The molecule has 3 N–H and O–H groups in total. The minimum atomic E-state index is -1.58. The Kier molecular flexibility index (Phi) is 5.90. The molecule has 2 heterocycles. The van der Waals surface area contributed by atoms with Crippen molar-refractivity contribution in [2.24, 2.45) is 0 Å². The number of thiazole rings is 1. The molecule has 0 aliphatic carbocycles. The molecule has 0 spiro atoms. The van der Waals surface area contributed by atoms with E-state index in [-0.39, 0.29) is 6.54 Å². The van der Waals surface area contributed by atoms with Crippen LogP contribution in [0.25, 0.3) is 21.3 Å². The van der Waals surface area contributed by atoms with Crippen LogP contribution in [-0.2, 0) is 0 Å². The molecule has 1 amide bonds. The van der Waals surface area contributed by atoms with E-state index in [2.05, 4.69) is 20.6 Å². The highest BCUT2D eigenvalue weighted by Gasteiger charge is 2.27. The maximum Gasteiger partial charge on any atom is 0.255 e. The highest BCUT2D eigenvalue weighted by Crippen LogP contribution is 2.32. The third-order valence-electron chi connectivity index (χ3n) is 4.39. The Morgan fingerprint density at radius 3 is 2.79 bits per heavy atom. The van der Waals surface area contributed by atoms with Crippen molar-refractivity contribution < 1.29 is 14.3 Å². The average molecular weight is 402 g/mol. The fourth-order valence-corrected chi connectivity index (χ4v) is 3.39. The number of pyridine rings is 1. The van der Waals surface area contributed by atoms with Crippen LogP contribution in [-0.4, -0.2) is 45.8 Å². The minimum Gasteiger partial charge on any atom is -0.387 e. The monoisotopic (exact) mass is 402 g/mol. The lowest BCUT2D eigenvalue weighted by molar-refractivity contribution is -0.00177. The zero-order valence-electron chi connectivity index (χ0n) is 16.0. The highest BCUT2D eigenvalue weighted by atomic mass is 32.1. The van der Waals surface area contributed by atoms with Gasteiger partial charge in [0.05, 0.1) is 39.3 Å². The quantitative estimate of drug-likeness (QED) is 0.562. The van der Waals surface area contributed by atoms with Crippen molar-refractivity contribution in [3.63, 3.8) is 0 Å². The first-order chi connectivity index (χ1) is 13.3. The molecule has 8 heteroatoms. The van der Waals surface area contributed by atoms with Gasteiger partial charge in [-0.2, -0.15) is 0 Å². The fraction of sp³-hybridized carbons (Fsp3) is 0.350. The molecule has 0 radical (unpaired) electrons. The number of hydrogen-bond acceptors (Lipinski definition) is 6. The van der Waals surface area contributed by atoms with Gasteiger partial charge >= 0.3 is 0 Å². The lowest BCUT2D eigenvalue weighted by Gasteiger charge is -2.22. The Hall–Kier alpha value is -2.58. The number of nitrogens with zero attached hydrogens (tertiary/aromatic N) is 2. The molecule has 0 aliphatic rings. The second-order valence-electron chi connectivity index (χ2n) is 7.01. The number of hydrogen-bond donors (Lipinski definition) is 3. The topological polar surface area (TPSA) is 87.1 Å². The van der Waals surface area contributed by atoms with E-state index < -0.39 is 17.7 Å². The summed E-state index contributed by atoms with van der Waals surface area (Å²) in [6.45, 7) is 5.00. The van der Waals surface area contributed by atoms with Crippen LogP contribution >= 0.6 is 11.3 Å². The Balaban J connectivity index is 1.97. The Labute approximate surface area is 166 Å². The number of anilines is 1. The molecular formula is C20H23FN4O2S. The van der Waals surface area contributed by atoms with E-state index in [0.717, 1.165) is 21.3 Å². The number of carbonyl (C=O) groups excluding carboxylic acids is 1. The number of benzene rings is 1. The molecule has 0 aliphatic heterocycles. The van der Waals surface area contributed by atoms with Gasteiger partial charge in [0.15, 0.2) is 0 Å². The number of fused-ring (bicyclic) bond motifs is 1. The van der Waals surface area contributed by atoms with E-state index >= 15 is 0 Å². The van der Waals surface area contributed by atoms with Crippen LogP contribution in [0.3, 0.4) is 0 Å². The van der Waals surface area contributed by atoms with Crippen molar-refractivity contribution in [3.8, 4) is 10.4 Å². The van der Waals surface area contributed by atoms with E-state index in [1.165, 1.54) is 31.4 Å². The number of aliphatic hydroxyl groups is 1. The summed E-state index contributed by atoms with van der Waals surface area (Å²) in [7, 11) is 0. The molecule has 0 fully saturated rings. The molecule has 0 saturated carbocycles. The van der Waals surface area contributed by atoms with Crippen molar-refractivity contribution in [2.45, 2.75) is 32.5 Å². The molecule has 148 valence electrons. The molecule has 0 bridgehead atoms. The number of nitrogens with one attached hydrogen (secondary N) is 2. The predicted molar refractivity (Wildman–Crippen MR) is 111 cm³/mol. The summed E-state index contributed by atoms with van der Waals surface area (Å²) in [6, 6.07) is 5.84. The van der Waals surface area contributed by atoms with Crippen molar-refractivity contribution in [2.75, 3.05) is 18.4 Å². The van der Waals surface area contributed by atoms with E-state index in [1.54, 1.807) is 11.7 Å². The largest absolute Gasteiger partial charge is 0.387 e. The number of aromatic nitrogens is 2. The van der Waals surface area contributed by atoms with Crippen molar-refractivity contribution in [3.05, 3.63) is 41.7 Å².